The van der Waals surface area contributed by atoms with Gasteiger partial charge in [-0.3, -0.25) is 4.79 Å². The molecule has 0 saturated heterocycles. The summed E-state index contributed by atoms with van der Waals surface area (Å²) >= 11 is 5.40. The van der Waals surface area contributed by atoms with Crippen LogP contribution in [-0.4, -0.2) is 13.1 Å². The highest BCUT2D eigenvalue weighted by Crippen LogP contribution is 2.25. The van der Waals surface area contributed by atoms with Crippen molar-refractivity contribution in [3.05, 3.63) is 31.3 Å². The van der Waals surface area contributed by atoms with Gasteiger partial charge < -0.3 is 4.74 Å². The van der Waals surface area contributed by atoms with Crippen LogP contribution in [0.3, 0.4) is 0 Å². The summed E-state index contributed by atoms with van der Waals surface area (Å²) in [7, 11) is 1.33. The Hall–Kier alpha value is -0.610. The number of rotatable bonds is 2. The maximum Gasteiger partial charge on any atom is 0.310 e. The Morgan fingerprint density at radius 1 is 1.67 bits per heavy atom. The number of ether oxygens (including phenoxy) is 1. The van der Waals surface area contributed by atoms with E-state index in [4.69, 9.17) is 5.26 Å². The number of nitriles is 1. The zero-order valence-corrected chi connectivity index (χ0v) is 11.6. The Balaban J connectivity index is 3.15. The van der Waals surface area contributed by atoms with Crippen LogP contribution in [0.25, 0.3) is 0 Å². The van der Waals surface area contributed by atoms with E-state index in [9.17, 15) is 4.79 Å². The minimum atomic E-state index is -0.343. The van der Waals surface area contributed by atoms with Gasteiger partial charge in [-0.05, 0) is 50.2 Å². The highest BCUT2D eigenvalue weighted by molar-refractivity contribution is 14.1. The van der Waals surface area contributed by atoms with Crippen LogP contribution in [0.1, 0.15) is 11.1 Å². The van der Waals surface area contributed by atoms with Gasteiger partial charge in [-0.1, -0.05) is 6.07 Å². The van der Waals surface area contributed by atoms with Gasteiger partial charge in [0.1, 0.15) is 6.07 Å². The van der Waals surface area contributed by atoms with Gasteiger partial charge in [-0.2, -0.15) is 5.26 Å². The summed E-state index contributed by atoms with van der Waals surface area (Å²) < 4.78 is 6.23. The first-order valence-electron chi connectivity index (χ1n) is 4.04. The van der Waals surface area contributed by atoms with Crippen LogP contribution in [-0.2, 0) is 16.0 Å². The summed E-state index contributed by atoms with van der Waals surface area (Å²) in [5.74, 6) is -0.343. The summed E-state index contributed by atoms with van der Waals surface area (Å²) in [5, 5.41) is 8.98. The molecular formula is C10H7BrINO2. The maximum atomic E-state index is 11.1. The Bertz CT molecular complexity index is 440. The van der Waals surface area contributed by atoms with Crippen molar-refractivity contribution in [1.82, 2.24) is 0 Å². The van der Waals surface area contributed by atoms with Crippen molar-refractivity contribution >= 4 is 44.5 Å². The van der Waals surface area contributed by atoms with E-state index in [-0.39, 0.29) is 12.4 Å². The normalized spacial score (nSPS) is 9.47. The molecule has 3 nitrogen and oxygen atoms in total. The van der Waals surface area contributed by atoms with Crippen LogP contribution in [0.5, 0.6) is 0 Å². The van der Waals surface area contributed by atoms with E-state index in [1.807, 2.05) is 6.07 Å². The van der Waals surface area contributed by atoms with E-state index >= 15 is 0 Å². The number of esters is 1. The Kier molecular flexibility index (Phi) is 4.54. The predicted octanol–water partition coefficient (Wildman–Crippen LogP) is 2.64. The van der Waals surface area contributed by atoms with Gasteiger partial charge >= 0.3 is 5.97 Å². The Morgan fingerprint density at radius 2 is 2.33 bits per heavy atom. The van der Waals surface area contributed by atoms with Gasteiger partial charge in [0.25, 0.3) is 0 Å². The van der Waals surface area contributed by atoms with Gasteiger partial charge in [0.15, 0.2) is 0 Å². The molecule has 0 bridgehead atoms. The Labute approximate surface area is 110 Å². The van der Waals surface area contributed by atoms with Gasteiger partial charge in [0, 0.05) is 8.04 Å². The van der Waals surface area contributed by atoms with E-state index in [1.54, 1.807) is 6.07 Å². The van der Waals surface area contributed by atoms with Crippen LogP contribution < -0.4 is 0 Å². The van der Waals surface area contributed by atoms with Crippen LogP contribution >= 0.6 is 38.5 Å². The number of carbonyl (C=O) groups is 1. The fourth-order valence-corrected chi connectivity index (χ4v) is 2.06. The molecule has 0 radical (unpaired) electrons. The van der Waals surface area contributed by atoms with Gasteiger partial charge in [-0.15, -0.1) is 0 Å². The van der Waals surface area contributed by atoms with Gasteiger partial charge in [0.05, 0.1) is 19.1 Å². The van der Waals surface area contributed by atoms with Crippen LogP contribution in [0.2, 0.25) is 0 Å². The molecule has 0 aliphatic carbocycles. The molecule has 5 heteroatoms. The number of methoxy groups -OCH3 is 1. The van der Waals surface area contributed by atoms with Gasteiger partial charge in [-0.25, -0.2) is 0 Å². The van der Waals surface area contributed by atoms with E-state index in [0.29, 0.717) is 11.1 Å². The SMILES string of the molecule is COC(=O)Cc1ccc(Br)c(I)c1C#N. The summed E-state index contributed by atoms with van der Waals surface area (Å²) in [5.41, 5.74) is 1.22. The maximum absolute atomic E-state index is 11.1. The largest absolute Gasteiger partial charge is 0.469 e. The van der Waals surface area contributed by atoms with Crippen molar-refractivity contribution in [3.8, 4) is 6.07 Å². The zero-order chi connectivity index (χ0) is 11.4. The van der Waals surface area contributed by atoms with E-state index in [0.717, 1.165) is 8.04 Å². The molecule has 1 rings (SSSR count). The van der Waals surface area contributed by atoms with E-state index < -0.39 is 0 Å². The minimum absolute atomic E-state index is 0.128. The average molecular weight is 380 g/mol. The number of halogens is 2. The smallest absolute Gasteiger partial charge is 0.310 e. The number of benzene rings is 1. The molecule has 0 heterocycles. The van der Waals surface area contributed by atoms with Gasteiger partial charge in [0.2, 0.25) is 0 Å². The summed E-state index contributed by atoms with van der Waals surface area (Å²) in [6.45, 7) is 0. The van der Waals surface area contributed by atoms with E-state index in [2.05, 4.69) is 49.3 Å². The quantitative estimate of drug-likeness (QED) is 0.586. The van der Waals surface area contributed by atoms with Crippen LogP contribution in [0.4, 0.5) is 0 Å². The second-order valence-electron chi connectivity index (χ2n) is 2.76. The topological polar surface area (TPSA) is 50.1 Å². The van der Waals surface area contributed by atoms with Crippen molar-refractivity contribution in [1.29, 1.82) is 5.26 Å². The monoisotopic (exact) mass is 379 g/mol. The summed E-state index contributed by atoms with van der Waals surface area (Å²) in [6, 6.07) is 5.66. The fourth-order valence-electron chi connectivity index (χ4n) is 1.09. The third kappa shape index (κ3) is 2.92. The lowest BCUT2D eigenvalue weighted by atomic mass is 10.1. The predicted molar refractivity (Wildman–Crippen MR) is 67.3 cm³/mol. The lowest BCUT2D eigenvalue weighted by Gasteiger charge is -2.05. The van der Waals surface area contributed by atoms with E-state index in [1.165, 1.54) is 7.11 Å². The number of carbonyl (C=O) groups excluding carboxylic acids is 1. The van der Waals surface area contributed by atoms with Crippen molar-refractivity contribution < 1.29 is 9.53 Å². The molecule has 15 heavy (non-hydrogen) atoms. The van der Waals surface area contributed by atoms with Crippen molar-refractivity contribution in [2.75, 3.05) is 7.11 Å². The zero-order valence-electron chi connectivity index (χ0n) is 7.88. The fraction of sp³-hybridized carbons (Fsp3) is 0.200. The molecule has 0 amide bonds. The van der Waals surface area contributed by atoms with Crippen LogP contribution in [0, 0.1) is 14.9 Å². The molecule has 0 saturated carbocycles. The lowest BCUT2D eigenvalue weighted by molar-refractivity contribution is -0.139. The molecule has 1 aromatic rings. The molecule has 1 aromatic carbocycles. The highest BCUT2D eigenvalue weighted by Gasteiger charge is 2.12. The second-order valence-corrected chi connectivity index (χ2v) is 4.69. The summed E-state index contributed by atoms with van der Waals surface area (Å²) in [4.78, 5) is 11.1. The van der Waals surface area contributed by atoms with Crippen molar-refractivity contribution in [3.63, 3.8) is 0 Å². The lowest BCUT2D eigenvalue weighted by Crippen LogP contribution is -2.06. The minimum Gasteiger partial charge on any atom is -0.469 e. The molecule has 0 aliphatic rings. The summed E-state index contributed by atoms with van der Waals surface area (Å²) in [6.07, 6.45) is 0.128. The molecule has 0 unspecified atom stereocenters. The number of hydrogen-bond donors (Lipinski definition) is 0. The average Bonchev–Trinajstić information content (AvgIpc) is 2.24. The third-order valence-corrected chi connectivity index (χ3v) is 4.38. The molecule has 0 fully saturated rings. The second kappa shape index (κ2) is 5.47. The molecule has 0 N–H and O–H groups in total. The standard InChI is InChI=1S/C10H7BrINO2/c1-15-9(14)4-6-2-3-8(11)10(12)7(6)5-13/h2-3H,4H2,1H3. The highest BCUT2D eigenvalue weighted by atomic mass is 127. The molecule has 0 aliphatic heterocycles. The number of hydrogen-bond acceptors (Lipinski definition) is 3. The van der Waals surface area contributed by atoms with Crippen molar-refractivity contribution in [2.45, 2.75) is 6.42 Å². The molecule has 0 spiro atoms. The first-order chi connectivity index (χ1) is 7.10. The molecular weight excluding hydrogens is 373 g/mol. The van der Waals surface area contributed by atoms with Crippen molar-refractivity contribution in [2.24, 2.45) is 0 Å². The molecule has 0 aromatic heterocycles. The molecule has 78 valence electrons. The number of nitrogens with zero attached hydrogens (tertiary/aromatic N) is 1. The molecule has 0 atom stereocenters. The first-order valence-corrected chi connectivity index (χ1v) is 5.91. The first kappa shape index (κ1) is 12.5. The van der Waals surface area contributed by atoms with Crippen LogP contribution in [0.15, 0.2) is 16.6 Å². The third-order valence-electron chi connectivity index (χ3n) is 1.86. The Morgan fingerprint density at radius 3 is 2.87 bits per heavy atom.